The molecule has 0 aliphatic rings. The Morgan fingerprint density at radius 3 is 2.56 bits per heavy atom. The van der Waals surface area contributed by atoms with Gasteiger partial charge in [0, 0.05) is 10.6 Å². The Kier molecular flexibility index (Phi) is 3.76. The van der Waals surface area contributed by atoms with E-state index in [1.54, 1.807) is 49.4 Å². The highest BCUT2D eigenvalue weighted by Gasteiger charge is 2.29. The lowest BCUT2D eigenvalue weighted by molar-refractivity contribution is 0.0978. The van der Waals surface area contributed by atoms with Crippen LogP contribution in [0.2, 0.25) is 5.02 Å². The summed E-state index contributed by atoms with van der Waals surface area (Å²) < 4.78 is 14.4. The Labute approximate surface area is 118 Å². The molecule has 2 aromatic carbocycles. The third-order valence-electron chi connectivity index (χ3n) is 2.86. The first-order chi connectivity index (χ1) is 8.43. The van der Waals surface area contributed by atoms with Crippen molar-refractivity contribution >= 4 is 27.5 Å². The maximum absolute atomic E-state index is 14.0. The molecule has 0 saturated heterocycles. The summed E-state index contributed by atoms with van der Waals surface area (Å²) in [7, 11) is 0. The van der Waals surface area contributed by atoms with Gasteiger partial charge in [-0.2, -0.15) is 0 Å². The van der Waals surface area contributed by atoms with E-state index >= 15 is 0 Å². The highest BCUT2D eigenvalue weighted by atomic mass is 79.9. The molecule has 2 rings (SSSR count). The average Bonchev–Trinajstić information content (AvgIpc) is 2.32. The molecule has 1 atom stereocenters. The number of benzene rings is 2. The number of rotatable bonds is 2. The molecule has 2 aromatic rings. The van der Waals surface area contributed by atoms with Crippen LogP contribution >= 0.6 is 27.5 Å². The lowest BCUT2D eigenvalue weighted by atomic mass is 9.88. The first-order valence-corrected chi connectivity index (χ1v) is 6.53. The number of hydrogen-bond donors (Lipinski definition) is 1. The predicted octanol–water partition coefficient (Wildman–Crippen LogP) is 4.50. The Balaban J connectivity index is 2.57. The van der Waals surface area contributed by atoms with E-state index in [1.807, 2.05) is 0 Å². The summed E-state index contributed by atoms with van der Waals surface area (Å²) in [5.41, 5.74) is -0.676. The van der Waals surface area contributed by atoms with Crippen molar-refractivity contribution in [2.45, 2.75) is 12.5 Å². The summed E-state index contributed by atoms with van der Waals surface area (Å²) >= 11 is 9.01. The van der Waals surface area contributed by atoms with Gasteiger partial charge in [0.15, 0.2) is 0 Å². The standard InChI is InChI=1S/C14H11BrClFO/c1-14(18,9-4-2-5-10(16)8-9)11-6-3-7-12(15)13(11)17/h2-8,18H,1H3. The molecule has 0 fully saturated rings. The van der Waals surface area contributed by atoms with Gasteiger partial charge in [0.1, 0.15) is 11.4 Å². The molecule has 0 heterocycles. The molecule has 0 aliphatic carbocycles. The van der Waals surface area contributed by atoms with Crippen LogP contribution in [0.4, 0.5) is 4.39 Å². The van der Waals surface area contributed by atoms with Crippen LogP contribution in [0.15, 0.2) is 46.9 Å². The second-order valence-corrected chi connectivity index (χ2v) is 5.47. The van der Waals surface area contributed by atoms with Crippen molar-refractivity contribution in [3.8, 4) is 0 Å². The van der Waals surface area contributed by atoms with Crippen LogP contribution in [-0.2, 0) is 5.60 Å². The Bertz CT molecular complexity index is 584. The second-order valence-electron chi connectivity index (χ2n) is 4.18. The maximum atomic E-state index is 14.0. The first kappa shape index (κ1) is 13.5. The lowest BCUT2D eigenvalue weighted by Crippen LogP contribution is -2.24. The summed E-state index contributed by atoms with van der Waals surface area (Å²) in [6.07, 6.45) is 0. The molecule has 0 aromatic heterocycles. The summed E-state index contributed by atoms with van der Waals surface area (Å²) in [4.78, 5) is 0. The van der Waals surface area contributed by atoms with E-state index in [0.29, 0.717) is 15.1 Å². The van der Waals surface area contributed by atoms with Gasteiger partial charge in [-0.05, 0) is 46.6 Å². The summed E-state index contributed by atoms with van der Waals surface area (Å²) in [6, 6.07) is 11.6. The van der Waals surface area contributed by atoms with E-state index in [0.717, 1.165) is 0 Å². The molecule has 4 heteroatoms. The zero-order valence-electron chi connectivity index (χ0n) is 9.62. The minimum atomic E-state index is -1.43. The van der Waals surface area contributed by atoms with Gasteiger partial charge in [-0.3, -0.25) is 0 Å². The molecule has 0 amide bonds. The lowest BCUT2D eigenvalue weighted by Gasteiger charge is -2.25. The Hall–Kier alpha value is -0.900. The third-order valence-corrected chi connectivity index (χ3v) is 3.71. The molecular formula is C14H11BrClFO. The largest absolute Gasteiger partial charge is 0.381 e. The summed E-state index contributed by atoms with van der Waals surface area (Å²) in [5.74, 6) is -0.470. The molecule has 1 nitrogen and oxygen atoms in total. The van der Waals surface area contributed by atoms with Crippen molar-refractivity contribution in [1.82, 2.24) is 0 Å². The monoisotopic (exact) mass is 328 g/mol. The molecule has 0 radical (unpaired) electrons. The van der Waals surface area contributed by atoms with E-state index in [9.17, 15) is 9.50 Å². The first-order valence-electron chi connectivity index (χ1n) is 5.36. The molecule has 0 bridgehead atoms. The van der Waals surface area contributed by atoms with Crippen molar-refractivity contribution in [3.05, 3.63) is 68.9 Å². The molecule has 1 N–H and O–H groups in total. The minimum absolute atomic E-state index is 0.208. The van der Waals surface area contributed by atoms with Gasteiger partial charge in [-0.15, -0.1) is 0 Å². The van der Waals surface area contributed by atoms with Gasteiger partial charge in [-0.25, -0.2) is 4.39 Å². The van der Waals surface area contributed by atoms with Gasteiger partial charge >= 0.3 is 0 Å². The van der Waals surface area contributed by atoms with Crippen molar-refractivity contribution < 1.29 is 9.50 Å². The van der Waals surface area contributed by atoms with Crippen molar-refractivity contribution in [1.29, 1.82) is 0 Å². The number of hydrogen-bond acceptors (Lipinski definition) is 1. The quantitative estimate of drug-likeness (QED) is 0.860. The van der Waals surface area contributed by atoms with E-state index < -0.39 is 11.4 Å². The minimum Gasteiger partial charge on any atom is -0.381 e. The Morgan fingerprint density at radius 1 is 1.22 bits per heavy atom. The fourth-order valence-electron chi connectivity index (χ4n) is 1.83. The predicted molar refractivity (Wildman–Crippen MR) is 74.2 cm³/mol. The van der Waals surface area contributed by atoms with Crippen molar-refractivity contribution in [3.63, 3.8) is 0 Å². The zero-order chi connectivity index (χ0) is 13.3. The molecule has 1 unspecified atom stereocenters. The molecule has 94 valence electrons. The molecule has 0 spiro atoms. The van der Waals surface area contributed by atoms with Crippen LogP contribution in [0.25, 0.3) is 0 Å². The van der Waals surface area contributed by atoms with E-state index in [2.05, 4.69) is 15.9 Å². The van der Waals surface area contributed by atoms with Gasteiger partial charge in [0.2, 0.25) is 0 Å². The van der Waals surface area contributed by atoms with Crippen LogP contribution in [0.3, 0.4) is 0 Å². The van der Waals surface area contributed by atoms with Crippen LogP contribution in [-0.4, -0.2) is 5.11 Å². The highest BCUT2D eigenvalue weighted by Crippen LogP contribution is 2.34. The number of aliphatic hydroxyl groups is 1. The van der Waals surface area contributed by atoms with Crippen LogP contribution in [0.1, 0.15) is 18.1 Å². The van der Waals surface area contributed by atoms with E-state index in [-0.39, 0.29) is 5.56 Å². The average molecular weight is 330 g/mol. The molecule has 18 heavy (non-hydrogen) atoms. The van der Waals surface area contributed by atoms with Crippen molar-refractivity contribution in [2.24, 2.45) is 0 Å². The fourth-order valence-corrected chi connectivity index (χ4v) is 2.38. The van der Waals surface area contributed by atoms with Gasteiger partial charge < -0.3 is 5.11 Å². The van der Waals surface area contributed by atoms with Crippen LogP contribution < -0.4 is 0 Å². The third kappa shape index (κ3) is 2.44. The zero-order valence-corrected chi connectivity index (χ0v) is 12.0. The molecular weight excluding hydrogens is 319 g/mol. The van der Waals surface area contributed by atoms with Gasteiger partial charge in [-0.1, -0.05) is 35.9 Å². The van der Waals surface area contributed by atoms with Gasteiger partial charge in [0.05, 0.1) is 4.47 Å². The Morgan fingerprint density at radius 2 is 1.89 bits per heavy atom. The smallest absolute Gasteiger partial charge is 0.143 e. The van der Waals surface area contributed by atoms with Crippen LogP contribution in [0.5, 0.6) is 0 Å². The topological polar surface area (TPSA) is 20.2 Å². The van der Waals surface area contributed by atoms with Crippen molar-refractivity contribution in [2.75, 3.05) is 0 Å². The van der Waals surface area contributed by atoms with Crippen LogP contribution in [0, 0.1) is 5.82 Å². The van der Waals surface area contributed by atoms with Gasteiger partial charge in [0.25, 0.3) is 0 Å². The molecule has 0 aliphatic heterocycles. The SMILES string of the molecule is CC(O)(c1cccc(Cl)c1)c1cccc(Br)c1F. The summed E-state index contributed by atoms with van der Waals surface area (Å²) in [5, 5.41) is 11.1. The normalized spacial score (nSPS) is 14.3. The van der Waals surface area contributed by atoms with E-state index in [4.69, 9.17) is 11.6 Å². The number of halogens is 3. The highest BCUT2D eigenvalue weighted by molar-refractivity contribution is 9.10. The molecule has 0 saturated carbocycles. The second kappa shape index (κ2) is 5.00. The fraction of sp³-hybridized carbons (Fsp3) is 0.143. The maximum Gasteiger partial charge on any atom is 0.143 e. The summed E-state index contributed by atoms with van der Waals surface area (Å²) in [6.45, 7) is 1.55. The van der Waals surface area contributed by atoms with E-state index in [1.165, 1.54) is 0 Å².